The summed E-state index contributed by atoms with van der Waals surface area (Å²) in [5.74, 6) is -0.676. The molecule has 0 radical (unpaired) electrons. The molecule has 0 aliphatic carbocycles. The van der Waals surface area contributed by atoms with E-state index < -0.39 is 11.9 Å². The van der Waals surface area contributed by atoms with Gasteiger partial charge in [-0.2, -0.15) is 0 Å². The Labute approximate surface area is 119 Å². The second kappa shape index (κ2) is 6.42. The van der Waals surface area contributed by atoms with Crippen molar-refractivity contribution < 1.29 is 28.5 Å². The number of rotatable bonds is 4. The third-order valence-corrected chi connectivity index (χ3v) is 3.46. The molecule has 0 bridgehead atoms. The normalized spacial score (nSPS) is 12.7. The first-order chi connectivity index (χ1) is 9.69. The van der Waals surface area contributed by atoms with Gasteiger partial charge < -0.3 is 18.9 Å². The Bertz CT molecular complexity index is 545. The van der Waals surface area contributed by atoms with Crippen molar-refractivity contribution in [3.63, 3.8) is 0 Å². The van der Waals surface area contributed by atoms with Crippen molar-refractivity contribution in [1.82, 2.24) is 0 Å². The molecule has 7 heteroatoms. The van der Waals surface area contributed by atoms with Crippen LogP contribution in [0.4, 0.5) is 0 Å². The molecule has 0 fully saturated rings. The maximum absolute atomic E-state index is 11.9. The smallest absolute Gasteiger partial charge is 0.352 e. The molecule has 20 heavy (non-hydrogen) atoms. The minimum atomic E-state index is -0.553. The SMILES string of the molecule is CCOC(=O)c1sc(C(=O)OCC)c2c1OC=CCO2. The first kappa shape index (κ1) is 14.4. The number of hydrogen-bond acceptors (Lipinski definition) is 7. The van der Waals surface area contributed by atoms with Crippen LogP contribution < -0.4 is 9.47 Å². The van der Waals surface area contributed by atoms with Crippen molar-refractivity contribution in [3.05, 3.63) is 22.1 Å². The van der Waals surface area contributed by atoms with E-state index in [1.165, 1.54) is 6.26 Å². The van der Waals surface area contributed by atoms with E-state index in [1.807, 2.05) is 0 Å². The van der Waals surface area contributed by atoms with Gasteiger partial charge in [-0.15, -0.1) is 11.3 Å². The molecule has 0 N–H and O–H groups in total. The molecule has 6 nitrogen and oxygen atoms in total. The van der Waals surface area contributed by atoms with Crippen molar-refractivity contribution in [1.29, 1.82) is 0 Å². The number of esters is 2. The third kappa shape index (κ3) is 2.77. The van der Waals surface area contributed by atoms with Crippen LogP contribution in [0, 0.1) is 0 Å². The summed E-state index contributed by atoms with van der Waals surface area (Å²) in [6.45, 7) is 4.12. The molecule has 0 atom stereocenters. The molecule has 2 heterocycles. The lowest BCUT2D eigenvalue weighted by Crippen LogP contribution is -2.05. The summed E-state index contributed by atoms with van der Waals surface area (Å²) in [6, 6.07) is 0. The predicted octanol–water partition coefficient (Wildman–Crippen LogP) is 2.39. The highest BCUT2D eigenvalue weighted by atomic mass is 32.1. The molecule has 1 aromatic heterocycles. The highest BCUT2D eigenvalue weighted by Gasteiger charge is 2.31. The summed E-state index contributed by atoms with van der Waals surface area (Å²) in [5, 5.41) is 0. The van der Waals surface area contributed by atoms with Crippen LogP contribution in [0.3, 0.4) is 0 Å². The average molecular weight is 298 g/mol. The van der Waals surface area contributed by atoms with Gasteiger partial charge in [0, 0.05) is 0 Å². The van der Waals surface area contributed by atoms with E-state index in [2.05, 4.69) is 0 Å². The van der Waals surface area contributed by atoms with Crippen molar-refractivity contribution in [2.24, 2.45) is 0 Å². The molecule has 0 spiro atoms. The van der Waals surface area contributed by atoms with Gasteiger partial charge in [0.05, 0.1) is 19.5 Å². The summed E-state index contributed by atoms with van der Waals surface area (Å²) in [4.78, 5) is 24.2. The molecular weight excluding hydrogens is 284 g/mol. The zero-order chi connectivity index (χ0) is 14.5. The molecule has 1 aliphatic heterocycles. The standard InChI is InChI=1S/C13H14O6S/c1-3-16-12(14)10-8-9(19-7-5-6-18-8)11(20-10)13(15)17-4-2/h5-6H,3-4,7H2,1-2H3. The number of ether oxygens (including phenoxy) is 4. The molecule has 0 saturated heterocycles. The van der Waals surface area contributed by atoms with Gasteiger partial charge >= 0.3 is 11.9 Å². The molecular formula is C13H14O6S. The molecule has 108 valence electrons. The molecule has 0 saturated carbocycles. The van der Waals surface area contributed by atoms with Crippen LogP contribution in [0.1, 0.15) is 33.2 Å². The fourth-order valence-corrected chi connectivity index (χ4v) is 2.55. The van der Waals surface area contributed by atoms with Crippen LogP contribution in [0.25, 0.3) is 0 Å². The fraction of sp³-hybridized carbons (Fsp3) is 0.385. The van der Waals surface area contributed by atoms with Crippen molar-refractivity contribution in [3.8, 4) is 11.5 Å². The Morgan fingerprint density at radius 1 is 1.15 bits per heavy atom. The van der Waals surface area contributed by atoms with Gasteiger partial charge in [0.15, 0.2) is 21.3 Å². The molecule has 1 aromatic rings. The summed E-state index contributed by atoms with van der Waals surface area (Å²) < 4.78 is 20.7. The van der Waals surface area contributed by atoms with Gasteiger partial charge in [-0.05, 0) is 19.9 Å². The van der Waals surface area contributed by atoms with Gasteiger partial charge in [0.2, 0.25) is 0 Å². The zero-order valence-electron chi connectivity index (χ0n) is 11.1. The minimum absolute atomic E-state index is 0.191. The summed E-state index contributed by atoms with van der Waals surface area (Å²) in [6.07, 6.45) is 3.05. The van der Waals surface area contributed by atoms with Gasteiger partial charge in [0.25, 0.3) is 0 Å². The van der Waals surface area contributed by atoms with Crippen LogP contribution in [0.5, 0.6) is 11.5 Å². The monoisotopic (exact) mass is 298 g/mol. The summed E-state index contributed by atoms with van der Waals surface area (Å²) in [7, 11) is 0. The van der Waals surface area contributed by atoms with Crippen molar-refractivity contribution in [2.45, 2.75) is 13.8 Å². The van der Waals surface area contributed by atoms with E-state index in [4.69, 9.17) is 18.9 Å². The fourth-order valence-electron chi connectivity index (χ4n) is 1.59. The molecule has 0 unspecified atom stereocenters. The lowest BCUT2D eigenvalue weighted by atomic mass is 10.3. The predicted molar refractivity (Wildman–Crippen MR) is 71.5 cm³/mol. The Morgan fingerprint density at radius 3 is 2.35 bits per heavy atom. The summed E-state index contributed by atoms with van der Waals surface area (Å²) >= 11 is 0.948. The second-order valence-corrected chi connectivity index (χ2v) is 4.68. The van der Waals surface area contributed by atoms with E-state index in [9.17, 15) is 9.59 Å². The van der Waals surface area contributed by atoms with E-state index in [0.29, 0.717) is 0 Å². The zero-order valence-corrected chi connectivity index (χ0v) is 12.0. The first-order valence-corrected chi connectivity index (χ1v) is 6.96. The Hall–Kier alpha value is -2.02. The van der Waals surface area contributed by atoms with Crippen LogP contribution >= 0.6 is 11.3 Å². The lowest BCUT2D eigenvalue weighted by Gasteiger charge is -2.05. The highest BCUT2D eigenvalue weighted by Crippen LogP contribution is 2.44. The first-order valence-electron chi connectivity index (χ1n) is 6.14. The largest absolute Gasteiger partial charge is 0.484 e. The Morgan fingerprint density at radius 2 is 1.75 bits per heavy atom. The topological polar surface area (TPSA) is 71.1 Å². The van der Waals surface area contributed by atoms with Gasteiger partial charge in [-0.25, -0.2) is 9.59 Å². The van der Waals surface area contributed by atoms with E-state index in [0.717, 1.165) is 11.3 Å². The average Bonchev–Trinajstić information content (AvgIpc) is 2.62. The van der Waals surface area contributed by atoms with E-state index in [1.54, 1.807) is 19.9 Å². The van der Waals surface area contributed by atoms with Crippen molar-refractivity contribution in [2.75, 3.05) is 19.8 Å². The van der Waals surface area contributed by atoms with Gasteiger partial charge in [0.1, 0.15) is 6.61 Å². The Kier molecular flexibility index (Phi) is 4.62. The maximum atomic E-state index is 11.9. The molecule has 0 aromatic carbocycles. The van der Waals surface area contributed by atoms with Crippen LogP contribution in [-0.4, -0.2) is 31.8 Å². The second-order valence-electron chi connectivity index (χ2n) is 3.66. The quantitative estimate of drug-likeness (QED) is 0.795. The van der Waals surface area contributed by atoms with Crippen LogP contribution in [0.2, 0.25) is 0 Å². The Balaban J connectivity index is 2.44. The number of hydrogen-bond donors (Lipinski definition) is 0. The van der Waals surface area contributed by atoms with Gasteiger partial charge in [-0.3, -0.25) is 0 Å². The highest BCUT2D eigenvalue weighted by molar-refractivity contribution is 7.16. The molecule has 1 aliphatic rings. The number of fused-ring (bicyclic) bond motifs is 1. The van der Waals surface area contributed by atoms with Crippen LogP contribution in [0.15, 0.2) is 12.3 Å². The summed E-state index contributed by atoms with van der Waals surface area (Å²) in [5.41, 5.74) is 0. The number of thiophene rings is 1. The number of carbonyl (C=O) groups excluding carboxylic acids is 2. The van der Waals surface area contributed by atoms with E-state index in [-0.39, 0.29) is 41.1 Å². The van der Waals surface area contributed by atoms with Crippen molar-refractivity contribution >= 4 is 23.3 Å². The third-order valence-electron chi connectivity index (χ3n) is 2.35. The van der Waals surface area contributed by atoms with Crippen LogP contribution in [-0.2, 0) is 9.47 Å². The van der Waals surface area contributed by atoms with E-state index >= 15 is 0 Å². The maximum Gasteiger partial charge on any atom is 0.352 e. The minimum Gasteiger partial charge on any atom is -0.484 e. The molecule has 2 rings (SSSR count). The van der Waals surface area contributed by atoms with Gasteiger partial charge in [-0.1, -0.05) is 0 Å². The molecule has 0 amide bonds. The number of carbonyl (C=O) groups is 2. The lowest BCUT2D eigenvalue weighted by molar-refractivity contribution is 0.0519.